The van der Waals surface area contributed by atoms with Crippen LogP contribution in [0.25, 0.3) is 0 Å². The molecule has 0 N–H and O–H groups in total. The summed E-state index contributed by atoms with van der Waals surface area (Å²) in [5, 5.41) is 2.98. The lowest BCUT2D eigenvalue weighted by atomic mass is 10.3. The number of hydrogen-bond donors (Lipinski definition) is 0. The van der Waals surface area contributed by atoms with Crippen LogP contribution in [0.15, 0.2) is 5.38 Å². The van der Waals surface area contributed by atoms with Gasteiger partial charge in [0.05, 0.1) is 23.8 Å². The minimum Gasteiger partial charge on any atom is -0.378 e. The minimum atomic E-state index is -2.84. The molecule has 1 unspecified atom stereocenters. The van der Waals surface area contributed by atoms with E-state index >= 15 is 0 Å². The van der Waals surface area contributed by atoms with E-state index in [1.54, 1.807) is 18.4 Å². The van der Waals surface area contributed by atoms with Gasteiger partial charge in [0, 0.05) is 31.6 Å². The summed E-state index contributed by atoms with van der Waals surface area (Å²) in [6.07, 6.45) is 0. The molecule has 1 aliphatic heterocycles. The highest BCUT2D eigenvalue weighted by Gasteiger charge is 2.28. The first-order valence-corrected chi connectivity index (χ1v) is 8.57. The van der Waals surface area contributed by atoms with E-state index in [4.69, 9.17) is 4.74 Å². The first-order valence-electron chi connectivity index (χ1n) is 5.87. The van der Waals surface area contributed by atoms with Crippen LogP contribution < -0.4 is 0 Å². The first-order chi connectivity index (χ1) is 8.50. The predicted molar refractivity (Wildman–Crippen MR) is 71.4 cm³/mol. The molecule has 1 aromatic heterocycles. The van der Waals surface area contributed by atoms with Gasteiger partial charge in [0.1, 0.15) is 5.01 Å². The van der Waals surface area contributed by atoms with Gasteiger partial charge in [-0.1, -0.05) is 0 Å². The van der Waals surface area contributed by atoms with E-state index in [1.807, 2.05) is 12.3 Å². The van der Waals surface area contributed by atoms with E-state index in [0.29, 0.717) is 13.2 Å². The third-order valence-corrected chi connectivity index (χ3v) is 5.71. The summed E-state index contributed by atoms with van der Waals surface area (Å²) in [7, 11) is -1.19. The normalized spacial score (nSPS) is 24.2. The van der Waals surface area contributed by atoms with Crippen molar-refractivity contribution in [1.82, 2.24) is 9.88 Å². The Morgan fingerprint density at radius 2 is 2.39 bits per heavy atom. The zero-order valence-electron chi connectivity index (χ0n) is 10.6. The van der Waals surface area contributed by atoms with Crippen LogP contribution in [-0.4, -0.2) is 49.5 Å². The van der Waals surface area contributed by atoms with Crippen molar-refractivity contribution in [2.75, 3.05) is 25.2 Å². The topological polar surface area (TPSA) is 59.5 Å². The molecule has 1 aliphatic rings. The van der Waals surface area contributed by atoms with Crippen LogP contribution in [0.4, 0.5) is 0 Å². The van der Waals surface area contributed by atoms with E-state index in [1.165, 1.54) is 0 Å². The van der Waals surface area contributed by atoms with Crippen LogP contribution in [0.3, 0.4) is 0 Å². The maximum Gasteiger partial charge on any atom is 0.153 e. The average Bonchev–Trinajstić information content (AvgIpc) is 2.70. The third-order valence-electron chi connectivity index (χ3n) is 3.04. The van der Waals surface area contributed by atoms with Gasteiger partial charge in [0.15, 0.2) is 9.84 Å². The van der Waals surface area contributed by atoms with Crippen LogP contribution in [0.1, 0.15) is 17.6 Å². The van der Waals surface area contributed by atoms with E-state index < -0.39 is 9.84 Å². The van der Waals surface area contributed by atoms with Crippen molar-refractivity contribution in [3.8, 4) is 0 Å². The predicted octanol–water partition coefficient (Wildman–Crippen LogP) is 0.908. The van der Waals surface area contributed by atoms with Crippen molar-refractivity contribution in [2.24, 2.45) is 0 Å². The molecule has 1 fully saturated rings. The monoisotopic (exact) mass is 290 g/mol. The van der Waals surface area contributed by atoms with Gasteiger partial charge in [0.2, 0.25) is 0 Å². The van der Waals surface area contributed by atoms with Crippen molar-refractivity contribution in [3.63, 3.8) is 0 Å². The Hall–Kier alpha value is -0.500. The fourth-order valence-electron chi connectivity index (χ4n) is 2.09. The molecule has 0 amide bonds. The fourth-order valence-corrected chi connectivity index (χ4v) is 4.47. The second-order valence-corrected chi connectivity index (χ2v) is 7.77. The van der Waals surface area contributed by atoms with Gasteiger partial charge in [-0.2, -0.15) is 0 Å². The summed E-state index contributed by atoms with van der Waals surface area (Å²) in [5.74, 6) is 0.508. The molecule has 1 saturated heterocycles. The Bertz CT molecular complexity index is 498. The van der Waals surface area contributed by atoms with Gasteiger partial charge in [-0.05, 0) is 6.92 Å². The van der Waals surface area contributed by atoms with E-state index in [9.17, 15) is 8.42 Å². The second-order valence-electron chi connectivity index (χ2n) is 4.60. The second kappa shape index (κ2) is 5.64. The molecule has 5 nitrogen and oxygen atoms in total. The summed E-state index contributed by atoms with van der Waals surface area (Å²) in [6.45, 7) is 3.81. The number of ether oxygens (including phenoxy) is 1. The van der Waals surface area contributed by atoms with E-state index in [-0.39, 0.29) is 17.5 Å². The average molecular weight is 290 g/mol. The maximum absolute atomic E-state index is 11.5. The van der Waals surface area contributed by atoms with Gasteiger partial charge in [-0.15, -0.1) is 11.3 Å². The minimum absolute atomic E-state index is 0.0660. The fraction of sp³-hybridized carbons (Fsp3) is 0.727. The molecule has 102 valence electrons. The van der Waals surface area contributed by atoms with Crippen molar-refractivity contribution < 1.29 is 13.2 Å². The summed E-state index contributed by atoms with van der Waals surface area (Å²) in [4.78, 5) is 6.64. The first kappa shape index (κ1) is 13.9. The molecule has 0 aliphatic carbocycles. The zero-order valence-corrected chi connectivity index (χ0v) is 12.3. The Morgan fingerprint density at radius 3 is 3.06 bits per heavy atom. The highest BCUT2D eigenvalue weighted by molar-refractivity contribution is 7.91. The molecule has 2 heterocycles. The van der Waals surface area contributed by atoms with Crippen molar-refractivity contribution in [1.29, 1.82) is 0 Å². The SMILES string of the molecule is COCc1nc(CN2CCS(=O)(=O)CC2C)cs1. The molecular formula is C11H18N2O3S2. The molecular weight excluding hydrogens is 272 g/mol. The summed E-state index contributed by atoms with van der Waals surface area (Å²) < 4.78 is 28.0. The van der Waals surface area contributed by atoms with E-state index in [2.05, 4.69) is 9.88 Å². The molecule has 1 aromatic rings. The van der Waals surface area contributed by atoms with Gasteiger partial charge < -0.3 is 4.74 Å². The quantitative estimate of drug-likeness (QED) is 0.825. The number of aromatic nitrogens is 1. The third kappa shape index (κ3) is 3.50. The molecule has 0 bridgehead atoms. The van der Waals surface area contributed by atoms with Gasteiger partial charge in [0.25, 0.3) is 0 Å². The molecule has 2 rings (SSSR count). The molecule has 18 heavy (non-hydrogen) atoms. The smallest absolute Gasteiger partial charge is 0.153 e. The van der Waals surface area contributed by atoms with Crippen molar-refractivity contribution in [2.45, 2.75) is 26.1 Å². The Labute approximate surface area is 112 Å². The van der Waals surface area contributed by atoms with Crippen LogP contribution >= 0.6 is 11.3 Å². The van der Waals surface area contributed by atoms with Gasteiger partial charge >= 0.3 is 0 Å². The van der Waals surface area contributed by atoms with Crippen molar-refractivity contribution >= 4 is 21.2 Å². The number of nitrogens with zero attached hydrogens (tertiary/aromatic N) is 2. The summed E-state index contributed by atoms with van der Waals surface area (Å²) in [6, 6.07) is 0.0660. The number of rotatable bonds is 4. The number of hydrogen-bond acceptors (Lipinski definition) is 6. The number of methoxy groups -OCH3 is 1. The van der Waals surface area contributed by atoms with Crippen LogP contribution in [0.2, 0.25) is 0 Å². The van der Waals surface area contributed by atoms with Crippen LogP contribution in [0, 0.1) is 0 Å². The van der Waals surface area contributed by atoms with Crippen molar-refractivity contribution in [3.05, 3.63) is 16.1 Å². The summed E-state index contributed by atoms with van der Waals surface area (Å²) >= 11 is 1.58. The molecule has 0 radical (unpaired) electrons. The largest absolute Gasteiger partial charge is 0.378 e. The highest BCUT2D eigenvalue weighted by Crippen LogP contribution is 2.17. The van der Waals surface area contributed by atoms with Gasteiger partial charge in [-0.25, -0.2) is 13.4 Å². The standard InChI is InChI=1S/C11H18N2O3S2/c1-9-8-18(14,15)4-3-13(9)5-10-7-17-11(12-10)6-16-2/h7,9H,3-6,8H2,1-2H3. The molecule has 7 heteroatoms. The molecule has 0 spiro atoms. The van der Waals surface area contributed by atoms with Gasteiger partial charge in [-0.3, -0.25) is 4.90 Å². The Kier molecular flexibility index (Phi) is 4.37. The lowest BCUT2D eigenvalue weighted by Crippen LogP contribution is -2.46. The molecule has 1 atom stereocenters. The number of sulfone groups is 1. The Morgan fingerprint density at radius 1 is 1.61 bits per heavy atom. The molecule has 0 aromatic carbocycles. The lowest BCUT2D eigenvalue weighted by molar-refractivity contribution is 0.183. The highest BCUT2D eigenvalue weighted by atomic mass is 32.2. The summed E-state index contributed by atoms with van der Waals surface area (Å²) in [5.41, 5.74) is 0.998. The maximum atomic E-state index is 11.5. The van der Waals surface area contributed by atoms with Crippen LogP contribution in [0.5, 0.6) is 0 Å². The lowest BCUT2D eigenvalue weighted by Gasteiger charge is -2.32. The van der Waals surface area contributed by atoms with Crippen LogP contribution in [-0.2, 0) is 27.7 Å². The number of thiazole rings is 1. The molecule has 0 saturated carbocycles. The Balaban J connectivity index is 1.97. The zero-order chi connectivity index (χ0) is 13.2. The van der Waals surface area contributed by atoms with E-state index in [0.717, 1.165) is 17.2 Å².